The van der Waals surface area contributed by atoms with Crippen molar-refractivity contribution in [3.8, 4) is 0 Å². The molecule has 2 aromatic rings. The number of benzene rings is 1. The Bertz CT molecular complexity index is 794. The van der Waals surface area contributed by atoms with Gasteiger partial charge in [-0.15, -0.1) is 0 Å². The minimum atomic E-state index is -1.18. The standard InChI is InChI=1S/C13H11ClN2O4S/c1-6-10(21-13(20)16(6)2)11(17)15-7-3-4-9(14)8(5-7)12(18)19/h3-5H,1-2H3,(H,15,17)(H,18,19). The topological polar surface area (TPSA) is 88.4 Å². The molecule has 0 radical (unpaired) electrons. The van der Waals surface area contributed by atoms with Gasteiger partial charge in [0, 0.05) is 18.4 Å². The maximum absolute atomic E-state index is 12.1. The van der Waals surface area contributed by atoms with Crippen LogP contribution in [0.1, 0.15) is 25.7 Å². The Kier molecular flexibility index (Phi) is 4.15. The van der Waals surface area contributed by atoms with Crippen LogP contribution in [-0.4, -0.2) is 21.6 Å². The van der Waals surface area contributed by atoms with Gasteiger partial charge in [0.1, 0.15) is 4.88 Å². The number of thiazole rings is 1. The number of nitrogens with zero attached hydrogens (tertiary/aromatic N) is 1. The summed E-state index contributed by atoms with van der Waals surface area (Å²) in [5.74, 6) is -1.65. The molecule has 110 valence electrons. The second-order valence-corrected chi connectivity index (χ2v) is 5.66. The van der Waals surface area contributed by atoms with Crippen molar-refractivity contribution in [2.75, 3.05) is 5.32 Å². The molecule has 0 fully saturated rings. The number of anilines is 1. The summed E-state index contributed by atoms with van der Waals surface area (Å²) in [7, 11) is 1.58. The number of rotatable bonds is 3. The molecule has 0 saturated carbocycles. The smallest absolute Gasteiger partial charge is 0.337 e. The molecule has 0 saturated heterocycles. The van der Waals surface area contributed by atoms with Crippen LogP contribution in [0.2, 0.25) is 5.02 Å². The van der Waals surface area contributed by atoms with Crippen molar-refractivity contribution in [1.82, 2.24) is 4.57 Å². The van der Waals surface area contributed by atoms with Gasteiger partial charge in [-0.2, -0.15) is 0 Å². The Morgan fingerprint density at radius 3 is 2.57 bits per heavy atom. The van der Waals surface area contributed by atoms with E-state index in [4.69, 9.17) is 16.7 Å². The van der Waals surface area contributed by atoms with E-state index in [0.29, 0.717) is 11.4 Å². The van der Waals surface area contributed by atoms with Crippen molar-refractivity contribution >= 4 is 40.5 Å². The molecular formula is C13H11ClN2O4S. The average Bonchev–Trinajstić information content (AvgIpc) is 2.68. The summed E-state index contributed by atoms with van der Waals surface area (Å²) in [6.07, 6.45) is 0. The minimum absolute atomic E-state index is 0.0843. The van der Waals surface area contributed by atoms with Gasteiger partial charge in [-0.1, -0.05) is 22.9 Å². The van der Waals surface area contributed by atoms with Crippen LogP contribution in [-0.2, 0) is 7.05 Å². The molecule has 0 aliphatic rings. The first-order valence-electron chi connectivity index (χ1n) is 5.82. The number of hydrogen-bond acceptors (Lipinski definition) is 4. The number of carbonyl (C=O) groups is 2. The molecule has 2 N–H and O–H groups in total. The van der Waals surface area contributed by atoms with Gasteiger partial charge in [-0.3, -0.25) is 9.59 Å². The van der Waals surface area contributed by atoms with E-state index < -0.39 is 11.9 Å². The van der Waals surface area contributed by atoms with E-state index in [0.717, 1.165) is 11.3 Å². The Hall–Kier alpha value is -2.12. The highest BCUT2D eigenvalue weighted by Crippen LogP contribution is 2.21. The van der Waals surface area contributed by atoms with Crippen molar-refractivity contribution in [1.29, 1.82) is 0 Å². The quantitative estimate of drug-likeness (QED) is 0.906. The Labute approximate surface area is 128 Å². The monoisotopic (exact) mass is 326 g/mol. The predicted molar refractivity (Wildman–Crippen MR) is 80.7 cm³/mol. The van der Waals surface area contributed by atoms with Crippen molar-refractivity contribution in [2.45, 2.75) is 6.92 Å². The second-order valence-electron chi connectivity index (χ2n) is 4.30. The highest BCUT2D eigenvalue weighted by molar-refractivity contribution is 7.11. The second kappa shape index (κ2) is 5.71. The molecule has 6 nitrogen and oxygen atoms in total. The van der Waals surface area contributed by atoms with E-state index >= 15 is 0 Å². The maximum Gasteiger partial charge on any atom is 0.337 e. The number of aromatic carboxylic acids is 1. The lowest BCUT2D eigenvalue weighted by atomic mass is 10.2. The molecule has 0 bridgehead atoms. The van der Waals surface area contributed by atoms with Gasteiger partial charge in [0.15, 0.2) is 0 Å². The van der Waals surface area contributed by atoms with E-state index in [1.807, 2.05) is 0 Å². The number of halogens is 1. The molecule has 0 aliphatic carbocycles. The summed E-state index contributed by atoms with van der Waals surface area (Å²) in [4.78, 5) is 34.7. The van der Waals surface area contributed by atoms with Crippen molar-refractivity contribution in [2.24, 2.45) is 7.05 Å². The lowest BCUT2D eigenvalue weighted by Gasteiger charge is -2.06. The summed E-state index contributed by atoms with van der Waals surface area (Å²) in [5.41, 5.74) is 0.743. The third-order valence-electron chi connectivity index (χ3n) is 2.96. The third-order valence-corrected chi connectivity index (χ3v) is 4.42. The Morgan fingerprint density at radius 1 is 1.38 bits per heavy atom. The van der Waals surface area contributed by atoms with Crippen LogP contribution in [0, 0.1) is 6.92 Å². The highest BCUT2D eigenvalue weighted by atomic mass is 35.5. The molecule has 2 rings (SSSR count). The van der Waals surface area contributed by atoms with Crippen LogP contribution < -0.4 is 10.2 Å². The first kappa shape index (κ1) is 15.3. The molecule has 0 aliphatic heterocycles. The SMILES string of the molecule is Cc1c(C(=O)Nc2ccc(Cl)c(C(=O)O)c2)sc(=O)n1C. The molecule has 1 aromatic heterocycles. The zero-order chi connectivity index (χ0) is 15.7. The van der Waals surface area contributed by atoms with Gasteiger partial charge in [-0.25, -0.2) is 4.79 Å². The van der Waals surface area contributed by atoms with E-state index in [1.165, 1.54) is 22.8 Å². The van der Waals surface area contributed by atoms with Gasteiger partial charge in [-0.05, 0) is 25.1 Å². The third kappa shape index (κ3) is 2.98. The first-order chi connectivity index (χ1) is 9.81. The predicted octanol–water partition coefficient (Wildman–Crippen LogP) is 2.36. The first-order valence-corrected chi connectivity index (χ1v) is 7.01. The number of hydrogen-bond donors (Lipinski definition) is 2. The molecule has 0 unspecified atom stereocenters. The van der Waals surface area contributed by atoms with E-state index in [1.54, 1.807) is 14.0 Å². The van der Waals surface area contributed by atoms with Gasteiger partial charge in [0.25, 0.3) is 5.91 Å². The molecule has 1 amide bonds. The van der Waals surface area contributed by atoms with E-state index in [9.17, 15) is 14.4 Å². The summed E-state index contributed by atoms with van der Waals surface area (Å²) >= 11 is 6.59. The van der Waals surface area contributed by atoms with Crippen LogP contribution in [0.25, 0.3) is 0 Å². The van der Waals surface area contributed by atoms with Crippen LogP contribution in [0.15, 0.2) is 23.0 Å². The fraction of sp³-hybridized carbons (Fsp3) is 0.154. The minimum Gasteiger partial charge on any atom is -0.478 e. The van der Waals surface area contributed by atoms with E-state index in [-0.39, 0.29) is 20.3 Å². The summed E-state index contributed by atoms with van der Waals surface area (Å²) in [5, 5.41) is 11.6. The van der Waals surface area contributed by atoms with E-state index in [2.05, 4.69) is 5.32 Å². The fourth-order valence-corrected chi connectivity index (χ4v) is 2.76. The van der Waals surface area contributed by atoms with Crippen LogP contribution in [0.5, 0.6) is 0 Å². The number of nitrogens with one attached hydrogen (secondary N) is 1. The number of amides is 1. The normalized spacial score (nSPS) is 10.4. The molecule has 0 spiro atoms. The fourth-order valence-electron chi connectivity index (χ4n) is 1.68. The maximum atomic E-state index is 12.1. The van der Waals surface area contributed by atoms with Gasteiger partial charge in [0.2, 0.25) is 0 Å². The van der Waals surface area contributed by atoms with Crippen LogP contribution in [0.4, 0.5) is 5.69 Å². The molecule has 8 heteroatoms. The molecule has 0 atom stereocenters. The number of carboxylic acids is 1. The zero-order valence-corrected chi connectivity index (χ0v) is 12.7. The van der Waals surface area contributed by atoms with Crippen LogP contribution >= 0.6 is 22.9 Å². The largest absolute Gasteiger partial charge is 0.478 e. The number of aromatic nitrogens is 1. The summed E-state index contributed by atoms with van der Waals surface area (Å²) in [6.45, 7) is 1.66. The Morgan fingerprint density at radius 2 is 2.05 bits per heavy atom. The molecule has 21 heavy (non-hydrogen) atoms. The summed E-state index contributed by atoms with van der Waals surface area (Å²) in [6, 6.07) is 4.15. The molecule has 1 aromatic carbocycles. The van der Waals surface area contributed by atoms with Gasteiger partial charge < -0.3 is 15.0 Å². The van der Waals surface area contributed by atoms with Crippen LogP contribution in [0.3, 0.4) is 0 Å². The lowest BCUT2D eigenvalue weighted by Crippen LogP contribution is -2.13. The number of carboxylic acid groups (broad SMARTS) is 1. The molecule has 1 heterocycles. The lowest BCUT2D eigenvalue weighted by molar-refractivity contribution is 0.0696. The number of carbonyl (C=O) groups excluding carboxylic acids is 1. The van der Waals surface area contributed by atoms with Crippen molar-refractivity contribution < 1.29 is 14.7 Å². The van der Waals surface area contributed by atoms with Gasteiger partial charge in [0.05, 0.1) is 10.6 Å². The average molecular weight is 327 g/mol. The molecular weight excluding hydrogens is 316 g/mol. The van der Waals surface area contributed by atoms with Crippen molar-refractivity contribution in [3.63, 3.8) is 0 Å². The summed E-state index contributed by atoms with van der Waals surface area (Å²) < 4.78 is 1.38. The highest BCUT2D eigenvalue weighted by Gasteiger charge is 2.17. The van der Waals surface area contributed by atoms with Gasteiger partial charge >= 0.3 is 10.8 Å². The van der Waals surface area contributed by atoms with Crippen molar-refractivity contribution in [3.05, 3.63) is 49.0 Å². The Balaban J connectivity index is 2.32. The zero-order valence-electron chi connectivity index (χ0n) is 11.1.